The molecule has 0 fully saturated rings. The van der Waals surface area contributed by atoms with Crippen molar-refractivity contribution in [2.75, 3.05) is 6.54 Å². The van der Waals surface area contributed by atoms with Crippen molar-refractivity contribution in [3.8, 4) is 11.1 Å². The first-order chi connectivity index (χ1) is 7.70. The van der Waals surface area contributed by atoms with Gasteiger partial charge in [-0.1, -0.05) is 12.1 Å². The first-order valence-corrected chi connectivity index (χ1v) is 6.28. The Morgan fingerprint density at radius 2 is 2.00 bits per heavy atom. The van der Waals surface area contributed by atoms with E-state index in [9.17, 15) is 0 Å². The molecule has 0 unspecified atom stereocenters. The first kappa shape index (κ1) is 11.6. The van der Waals surface area contributed by atoms with E-state index in [1.165, 1.54) is 9.13 Å². The molecule has 0 aliphatic rings. The third kappa shape index (κ3) is 2.44. The third-order valence-corrected chi connectivity index (χ3v) is 3.29. The summed E-state index contributed by atoms with van der Waals surface area (Å²) in [6, 6.07) is 8.66. The van der Waals surface area contributed by atoms with Crippen LogP contribution in [0.4, 0.5) is 0 Å². The Morgan fingerprint density at radius 3 is 2.62 bits per heavy atom. The SMILES string of the molecule is C[C@@H](CN)n1cc(-c2ccc(I)cc2)cn1. The summed E-state index contributed by atoms with van der Waals surface area (Å²) < 4.78 is 3.15. The van der Waals surface area contributed by atoms with Gasteiger partial charge in [0.25, 0.3) is 0 Å². The topological polar surface area (TPSA) is 43.8 Å². The summed E-state index contributed by atoms with van der Waals surface area (Å²) in [5.74, 6) is 0. The van der Waals surface area contributed by atoms with Crippen molar-refractivity contribution in [2.45, 2.75) is 13.0 Å². The lowest BCUT2D eigenvalue weighted by molar-refractivity contribution is 0.501. The van der Waals surface area contributed by atoms with Crippen molar-refractivity contribution in [3.05, 3.63) is 40.2 Å². The predicted molar refractivity (Wildman–Crippen MR) is 74.1 cm³/mol. The van der Waals surface area contributed by atoms with Gasteiger partial charge in [0.05, 0.1) is 12.2 Å². The van der Waals surface area contributed by atoms with Crippen molar-refractivity contribution >= 4 is 22.6 Å². The highest BCUT2D eigenvalue weighted by atomic mass is 127. The van der Waals surface area contributed by atoms with E-state index in [-0.39, 0.29) is 6.04 Å². The summed E-state index contributed by atoms with van der Waals surface area (Å²) in [5.41, 5.74) is 7.94. The number of nitrogens with zero attached hydrogens (tertiary/aromatic N) is 2. The molecule has 0 aliphatic carbocycles. The molecule has 1 aromatic carbocycles. The van der Waals surface area contributed by atoms with Gasteiger partial charge in [0, 0.05) is 21.9 Å². The van der Waals surface area contributed by atoms with Crippen molar-refractivity contribution in [1.29, 1.82) is 0 Å². The summed E-state index contributed by atoms with van der Waals surface area (Å²) >= 11 is 2.30. The number of hydrogen-bond acceptors (Lipinski definition) is 2. The molecule has 2 rings (SSSR count). The largest absolute Gasteiger partial charge is 0.328 e. The first-order valence-electron chi connectivity index (χ1n) is 5.21. The average molecular weight is 327 g/mol. The maximum absolute atomic E-state index is 5.61. The molecule has 4 heteroatoms. The molecular weight excluding hydrogens is 313 g/mol. The van der Waals surface area contributed by atoms with Gasteiger partial charge in [0.15, 0.2) is 0 Å². The highest BCUT2D eigenvalue weighted by Crippen LogP contribution is 2.20. The van der Waals surface area contributed by atoms with Crippen molar-refractivity contribution in [3.63, 3.8) is 0 Å². The highest BCUT2D eigenvalue weighted by Gasteiger charge is 2.05. The number of halogens is 1. The lowest BCUT2D eigenvalue weighted by atomic mass is 10.1. The van der Waals surface area contributed by atoms with Gasteiger partial charge < -0.3 is 5.73 Å². The average Bonchev–Trinajstić information content (AvgIpc) is 2.78. The van der Waals surface area contributed by atoms with Crippen LogP contribution in [0.1, 0.15) is 13.0 Å². The molecule has 0 bridgehead atoms. The Bertz CT molecular complexity index is 461. The fraction of sp³-hybridized carbons (Fsp3) is 0.250. The molecule has 1 heterocycles. The lowest BCUT2D eigenvalue weighted by Crippen LogP contribution is -2.16. The molecule has 84 valence electrons. The Hall–Kier alpha value is -0.880. The predicted octanol–water partition coefficient (Wildman–Crippen LogP) is 2.67. The second kappa shape index (κ2) is 4.97. The van der Waals surface area contributed by atoms with E-state index in [0.29, 0.717) is 6.54 Å². The zero-order valence-electron chi connectivity index (χ0n) is 9.10. The maximum Gasteiger partial charge on any atom is 0.0613 e. The highest BCUT2D eigenvalue weighted by molar-refractivity contribution is 14.1. The van der Waals surface area contributed by atoms with Crippen LogP contribution in [0, 0.1) is 3.57 Å². The lowest BCUT2D eigenvalue weighted by Gasteiger charge is -2.07. The zero-order valence-corrected chi connectivity index (χ0v) is 11.3. The van der Waals surface area contributed by atoms with E-state index in [2.05, 4.69) is 58.9 Å². The molecular formula is C12H14IN3. The quantitative estimate of drug-likeness (QED) is 0.881. The second-order valence-corrected chi connectivity index (χ2v) is 5.05. The van der Waals surface area contributed by atoms with Gasteiger partial charge in [-0.15, -0.1) is 0 Å². The molecule has 0 saturated carbocycles. The molecule has 2 N–H and O–H groups in total. The molecule has 2 aromatic rings. The Morgan fingerprint density at radius 1 is 1.31 bits per heavy atom. The monoisotopic (exact) mass is 327 g/mol. The van der Waals surface area contributed by atoms with Gasteiger partial charge in [-0.3, -0.25) is 4.68 Å². The van der Waals surface area contributed by atoms with E-state index in [1.807, 2.05) is 17.1 Å². The summed E-state index contributed by atoms with van der Waals surface area (Å²) in [5, 5.41) is 4.32. The number of rotatable bonds is 3. The van der Waals surface area contributed by atoms with Crippen molar-refractivity contribution < 1.29 is 0 Å². The Labute approximate surface area is 109 Å². The Balaban J connectivity index is 2.28. The van der Waals surface area contributed by atoms with Gasteiger partial charge in [0.1, 0.15) is 0 Å². The van der Waals surface area contributed by atoms with Crippen LogP contribution in [0.5, 0.6) is 0 Å². The molecule has 0 amide bonds. The van der Waals surface area contributed by atoms with Crippen LogP contribution in [0.25, 0.3) is 11.1 Å². The molecule has 0 radical (unpaired) electrons. The van der Waals surface area contributed by atoms with Gasteiger partial charge in [0.2, 0.25) is 0 Å². The summed E-state index contributed by atoms with van der Waals surface area (Å²) in [6.45, 7) is 2.67. The molecule has 0 aliphatic heterocycles. The molecule has 0 spiro atoms. The third-order valence-electron chi connectivity index (χ3n) is 2.57. The molecule has 3 nitrogen and oxygen atoms in total. The van der Waals surface area contributed by atoms with E-state index >= 15 is 0 Å². The van der Waals surface area contributed by atoms with E-state index in [4.69, 9.17) is 5.73 Å². The standard InChI is InChI=1S/C12H14IN3/c1-9(6-14)16-8-11(7-15-16)10-2-4-12(13)5-3-10/h2-5,7-9H,6,14H2,1H3/t9-/m0/s1. The minimum atomic E-state index is 0.248. The smallest absolute Gasteiger partial charge is 0.0613 e. The van der Waals surface area contributed by atoms with Crippen LogP contribution in [0.15, 0.2) is 36.7 Å². The van der Waals surface area contributed by atoms with Gasteiger partial charge >= 0.3 is 0 Å². The van der Waals surface area contributed by atoms with Crippen LogP contribution in [0.2, 0.25) is 0 Å². The molecule has 1 aromatic heterocycles. The van der Waals surface area contributed by atoms with Gasteiger partial charge in [-0.25, -0.2) is 0 Å². The van der Waals surface area contributed by atoms with Crippen molar-refractivity contribution in [1.82, 2.24) is 9.78 Å². The Kier molecular flexibility index (Phi) is 3.60. The van der Waals surface area contributed by atoms with Gasteiger partial charge in [-0.05, 0) is 47.2 Å². The van der Waals surface area contributed by atoms with Crippen LogP contribution >= 0.6 is 22.6 Å². The number of hydrogen-bond donors (Lipinski definition) is 1. The van der Waals surface area contributed by atoms with Crippen LogP contribution in [-0.2, 0) is 0 Å². The maximum atomic E-state index is 5.61. The van der Waals surface area contributed by atoms with E-state index in [1.54, 1.807) is 0 Å². The summed E-state index contributed by atoms with van der Waals surface area (Å²) in [7, 11) is 0. The second-order valence-electron chi connectivity index (χ2n) is 3.80. The molecule has 16 heavy (non-hydrogen) atoms. The normalized spacial score (nSPS) is 12.7. The van der Waals surface area contributed by atoms with E-state index < -0.39 is 0 Å². The zero-order chi connectivity index (χ0) is 11.5. The molecule has 0 saturated heterocycles. The van der Waals surface area contributed by atoms with Gasteiger partial charge in [-0.2, -0.15) is 5.10 Å². The minimum absolute atomic E-state index is 0.248. The van der Waals surface area contributed by atoms with Crippen LogP contribution < -0.4 is 5.73 Å². The number of benzene rings is 1. The summed E-state index contributed by atoms with van der Waals surface area (Å²) in [4.78, 5) is 0. The van der Waals surface area contributed by atoms with Crippen LogP contribution in [-0.4, -0.2) is 16.3 Å². The summed E-state index contributed by atoms with van der Waals surface area (Å²) in [6.07, 6.45) is 3.92. The fourth-order valence-corrected chi connectivity index (χ4v) is 1.84. The molecule has 1 atom stereocenters. The van der Waals surface area contributed by atoms with Crippen LogP contribution in [0.3, 0.4) is 0 Å². The number of aromatic nitrogens is 2. The number of nitrogens with two attached hydrogens (primary N) is 1. The fourth-order valence-electron chi connectivity index (χ4n) is 1.48. The van der Waals surface area contributed by atoms with E-state index in [0.717, 1.165) is 5.56 Å². The minimum Gasteiger partial charge on any atom is -0.328 e. The van der Waals surface area contributed by atoms with Crippen molar-refractivity contribution in [2.24, 2.45) is 5.73 Å².